The first-order valence-corrected chi connectivity index (χ1v) is 11.6. The normalized spacial score (nSPS) is 11.5. The molecule has 3 N–H and O–H groups in total. The Hall–Kier alpha value is -4.63. The van der Waals surface area contributed by atoms with Crippen LogP contribution in [0, 0.1) is 0 Å². The highest BCUT2D eigenvalue weighted by Crippen LogP contribution is 2.50. The van der Waals surface area contributed by atoms with Crippen molar-refractivity contribution in [1.29, 1.82) is 0 Å². The molecule has 0 atom stereocenters. The summed E-state index contributed by atoms with van der Waals surface area (Å²) in [6, 6.07) is 18.1. The quantitative estimate of drug-likeness (QED) is 0.286. The molecule has 6 heterocycles. The van der Waals surface area contributed by atoms with Gasteiger partial charge < -0.3 is 9.40 Å². The van der Waals surface area contributed by atoms with Crippen molar-refractivity contribution in [2.75, 3.05) is 0 Å². The van der Waals surface area contributed by atoms with Crippen molar-refractivity contribution in [2.24, 2.45) is 0 Å². The summed E-state index contributed by atoms with van der Waals surface area (Å²) in [4.78, 5) is 9.02. The summed E-state index contributed by atoms with van der Waals surface area (Å²) in [5.74, 6) is 1.42. The minimum absolute atomic E-state index is 0.669. The number of aromatic nitrogens is 7. The van der Waals surface area contributed by atoms with E-state index in [1.54, 1.807) is 30.0 Å². The predicted octanol–water partition coefficient (Wildman–Crippen LogP) is 6.12. The Labute approximate surface area is 196 Å². The van der Waals surface area contributed by atoms with Crippen molar-refractivity contribution in [3.63, 3.8) is 0 Å². The van der Waals surface area contributed by atoms with Crippen LogP contribution in [0.3, 0.4) is 0 Å². The van der Waals surface area contributed by atoms with Gasteiger partial charge in [-0.15, -0.1) is 11.3 Å². The highest BCUT2D eigenvalue weighted by Gasteiger charge is 2.32. The van der Waals surface area contributed by atoms with Gasteiger partial charge in [0.25, 0.3) is 0 Å². The summed E-state index contributed by atoms with van der Waals surface area (Å²) in [6.07, 6.45) is 7.01. The van der Waals surface area contributed by atoms with Gasteiger partial charge in [-0.1, -0.05) is 24.3 Å². The smallest absolute Gasteiger partial charge is 0.212 e. The maximum absolute atomic E-state index is 6.01. The number of nitrogens with zero attached hydrogens (tertiary/aromatic N) is 4. The van der Waals surface area contributed by atoms with E-state index in [1.165, 1.54) is 0 Å². The van der Waals surface area contributed by atoms with Crippen LogP contribution in [0.25, 0.3) is 61.4 Å². The largest absolute Gasteiger partial charge is 0.464 e. The Morgan fingerprint density at radius 1 is 0.882 bits per heavy atom. The molecular weight excluding hydrogens is 446 g/mol. The number of nitrogens with one attached hydrogen (secondary N) is 3. The molecule has 0 bridgehead atoms. The van der Waals surface area contributed by atoms with E-state index in [4.69, 9.17) is 9.52 Å². The zero-order valence-electron chi connectivity index (χ0n) is 17.7. The molecule has 164 valence electrons. The molecule has 8 nitrogen and oxygen atoms in total. The van der Waals surface area contributed by atoms with Crippen molar-refractivity contribution >= 4 is 22.2 Å². The number of aromatic amines is 3. The molecule has 34 heavy (non-hydrogen) atoms. The Bertz CT molecular complexity index is 1600. The molecule has 0 aliphatic rings. The Morgan fingerprint density at radius 2 is 1.85 bits per heavy atom. The fraction of sp³-hybridized carbons (Fsp3) is 0. The van der Waals surface area contributed by atoms with E-state index in [2.05, 4.69) is 53.4 Å². The molecule has 0 amide bonds. The Balaban J connectivity index is 1.72. The van der Waals surface area contributed by atoms with Gasteiger partial charge in [-0.25, -0.2) is 4.98 Å². The van der Waals surface area contributed by atoms with E-state index in [-0.39, 0.29) is 0 Å². The van der Waals surface area contributed by atoms with Crippen molar-refractivity contribution < 1.29 is 4.42 Å². The molecule has 0 radical (unpaired) electrons. The highest BCUT2D eigenvalue weighted by atomic mass is 32.1. The van der Waals surface area contributed by atoms with Crippen LogP contribution in [-0.2, 0) is 0 Å². The SMILES string of the molecule is c1coc(-c2c(-c3cccs3)c(-c3ccn[nH]3)n(-c3ncc[nH]3)c2-c2n[nH]c3ccccc23)c1. The molecule has 6 aromatic heterocycles. The van der Waals surface area contributed by atoms with Crippen LogP contribution in [-0.4, -0.2) is 34.9 Å². The lowest BCUT2D eigenvalue weighted by atomic mass is 10.0. The van der Waals surface area contributed by atoms with Crippen molar-refractivity contribution in [3.05, 3.63) is 84.8 Å². The van der Waals surface area contributed by atoms with E-state index in [9.17, 15) is 0 Å². The number of H-pyrrole nitrogens is 3. The number of para-hydroxylation sites is 1. The second-order valence-corrected chi connectivity index (χ2v) is 8.69. The van der Waals surface area contributed by atoms with Crippen molar-refractivity contribution in [2.45, 2.75) is 0 Å². The van der Waals surface area contributed by atoms with Gasteiger partial charge in [0.2, 0.25) is 5.95 Å². The zero-order valence-corrected chi connectivity index (χ0v) is 18.5. The first kappa shape index (κ1) is 18.9. The monoisotopic (exact) mass is 463 g/mol. The lowest BCUT2D eigenvalue weighted by molar-refractivity contribution is 0.582. The van der Waals surface area contributed by atoms with Crippen LogP contribution in [0.2, 0.25) is 0 Å². The summed E-state index contributed by atoms with van der Waals surface area (Å²) in [7, 11) is 0. The van der Waals surface area contributed by atoms with Crippen molar-refractivity contribution in [3.8, 4) is 50.5 Å². The van der Waals surface area contributed by atoms with E-state index < -0.39 is 0 Å². The standard InChI is InChI=1S/C25H17N7OS/c1-2-6-16-15(5-1)22(31-30-16)24-20(18-7-3-13-33-18)21(19-8-4-14-34-19)23(17-9-10-28-29-17)32(24)25-26-11-12-27-25/h1-14H,(H,26,27)(H,28,29)(H,30,31). The minimum atomic E-state index is 0.669. The lowest BCUT2D eigenvalue weighted by Gasteiger charge is -2.10. The van der Waals surface area contributed by atoms with E-state index in [0.29, 0.717) is 5.95 Å². The predicted molar refractivity (Wildman–Crippen MR) is 132 cm³/mol. The number of furan rings is 1. The van der Waals surface area contributed by atoms with Crippen LogP contribution in [0.15, 0.2) is 89.2 Å². The van der Waals surface area contributed by atoms with Gasteiger partial charge in [-0.2, -0.15) is 10.2 Å². The van der Waals surface area contributed by atoms with Gasteiger partial charge in [0.1, 0.15) is 11.5 Å². The lowest BCUT2D eigenvalue weighted by Crippen LogP contribution is -2.03. The van der Waals surface area contributed by atoms with Gasteiger partial charge in [-0.3, -0.25) is 14.8 Å². The van der Waals surface area contributed by atoms with Gasteiger partial charge in [-0.05, 0) is 35.7 Å². The number of imidazole rings is 1. The summed E-state index contributed by atoms with van der Waals surface area (Å²) in [5.41, 5.74) is 6.37. The highest BCUT2D eigenvalue weighted by molar-refractivity contribution is 7.13. The number of rotatable bonds is 5. The van der Waals surface area contributed by atoms with Crippen LogP contribution < -0.4 is 0 Å². The first-order valence-electron chi connectivity index (χ1n) is 10.7. The molecular formula is C25H17N7OS. The van der Waals surface area contributed by atoms with Crippen LogP contribution in [0.1, 0.15) is 0 Å². The fourth-order valence-electron chi connectivity index (χ4n) is 4.50. The molecule has 7 aromatic rings. The maximum atomic E-state index is 6.01. The average molecular weight is 464 g/mol. The summed E-state index contributed by atoms with van der Waals surface area (Å²) in [6.45, 7) is 0. The molecule has 9 heteroatoms. The molecule has 0 aliphatic heterocycles. The molecule has 7 rings (SSSR count). The van der Waals surface area contributed by atoms with Crippen LogP contribution in [0.4, 0.5) is 0 Å². The topological polar surface area (TPSA) is 104 Å². The van der Waals surface area contributed by atoms with Gasteiger partial charge in [0.15, 0.2) is 0 Å². The fourth-order valence-corrected chi connectivity index (χ4v) is 5.27. The molecule has 0 unspecified atom stereocenters. The number of thiophene rings is 1. The number of fused-ring (bicyclic) bond motifs is 1. The maximum Gasteiger partial charge on any atom is 0.212 e. The van der Waals surface area contributed by atoms with E-state index in [0.717, 1.165) is 55.4 Å². The second kappa shape index (κ2) is 7.46. The second-order valence-electron chi connectivity index (χ2n) is 7.74. The van der Waals surface area contributed by atoms with Gasteiger partial charge in [0, 0.05) is 34.4 Å². The third-order valence-electron chi connectivity index (χ3n) is 5.85. The Morgan fingerprint density at radius 3 is 2.62 bits per heavy atom. The number of benzene rings is 1. The third kappa shape index (κ3) is 2.74. The minimum Gasteiger partial charge on any atom is -0.464 e. The first-order chi connectivity index (χ1) is 16.9. The van der Waals surface area contributed by atoms with E-state index >= 15 is 0 Å². The number of hydrogen-bond acceptors (Lipinski definition) is 5. The molecule has 0 aliphatic carbocycles. The average Bonchev–Trinajstić information content (AvgIpc) is 3.71. The number of hydrogen-bond donors (Lipinski definition) is 3. The Kier molecular flexibility index (Phi) is 4.15. The molecule has 0 spiro atoms. The third-order valence-corrected chi connectivity index (χ3v) is 6.74. The van der Waals surface area contributed by atoms with Gasteiger partial charge in [0.05, 0.1) is 34.4 Å². The molecule has 0 fully saturated rings. The summed E-state index contributed by atoms with van der Waals surface area (Å²) in [5, 5.41) is 18.5. The molecule has 1 aromatic carbocycles. The molecule has 0 saturated heterocycles. The van der Waals surface area contributed by atoms with Crippen LogP contribution in [0.5, 0.6) is 0 Å². The molecule has 0 saturated carbocycles. The van der Waals surface area contributed by atoms with Crippen LogP contribution >= 0.6 is 11.3 Å². The van der Waals surface area contributed by atoms with E-state index in [1.807, 2.05) is 42.6 Å². The van der Waals surface area contributed by atoms with Gasteiger partial charge >= 0.3 is 0 Å². The zero-order chi connectivity index (χ0) is 22.5. The summed E-state index contributed by atoms with van der Waals surface area (Å²) < 4.78 is 8.11. The summed E-state index contributed by atoms with van der Waals surface area (Å²) >= 11 is 1.67. The van der Waals surface area contributed by atoms with Crippen molar-refractivity contribution in [1.82, 2.24) is 34.9 Å².